The van der Waals surface area contributed by atoms with Gasteiger partial charge in [0.1, 0.15) is 11.3 Å². The molecule has 2 N–H and O–H groups in total. The molecule has 1 aliphatic rings. The minimum atomic E-state index is -3.71. The first-order valence-electron chi connectivity index (χ1n) is 5.85. The smallest absolute Gasteiger partial charge is 0.339 e. The van der Waals surface area contributed by atoms with Crippen LogP contribution in [0.5, 0.6) is 5.75 Å². The standard InChI is InChI=1S/C12H15NO5S/c1-13(7-8-2-3-8)19(17,18)9-4-5-11(14)10(6-9)12(15)16/h4-6,8,14H,2-3,7H2,1H3,(H,15,16). The highest BCUT2D eigenvalue weighted by atomic mass is 32.2. The van der Waals surface area contributed by atoms with Crippen molar-refractivity contribution in [3.8, 4) is 5.75 Å². The average molecular weight is 285 g/mol. The molecule has 1 fully saturated rings. The van der Waals surface area contributed by atoms with Gasteiger partial charge in [0.2, 0.25) is 10.0 Å². The topological polar surface area (TPSA) is 94.9 Å². The second-order valence-corrected chi connectivity index (χ2v) is 6.76. The van der Waals surface area contributed by atoms with Crippen LogP contribution in [-0.2, 0) is 10.0 Å². The third-order valence-corrected chi connectivity index (χ3v) is 4.94. The summed E-state index contributed by atoms with van der Waals surface area (Å²) in [5.41, 5.74) is -0.416. The predicted octanol–water partition coefficient (Wildman–Crippen LogP) is 1.12. The van der Waals surface area contributed by atoms with Crippen molar-refractivity contribution in [3.05, 3.63) is 23.8 Å². The molecule has 104 valence electrons. The second-order valence-electron chi connectivity index (χ2n) is 4.71. The molecular formula is C12H15NO5S. The number of benzene rings is 1. The van der Waals surface area contributed by atoms with Crippen LogP contribution in [-0.4, -0.2) is 42.5 Å². The number of carboxylic acid groups (broad SMARTS) is 1. The Labute approximate surface area is 111 Å². The predicted molar refractivity (Wildman–Crippen MR) is 67.6 cm³/mol. The molecule has 0 radical (unpaired) electrons. The van der Waals surface area contributed by atoms with Crippen molar-refractivity contribution in [3.63, 3.8) is 0 Å². The first-order valence-corrected chi connectivity index (χ1v) is 7.29. The maximum atomic E-state index is 12.2. The summed E-state index contributed by atoms with van der Waals surface area (Å²) in [5, 5.41) is 18.3. The third kappa shape index (κ3) is 2.87. The molecule has 0 aromatic heterocycles. The van der Waals surface area contributed by atoms with Gasteiger partial charge in [-0.25, -0.2) is 17.5 Å². The lowest BCUT2D eigenvalue weighted by molar-refractivity contribution is 0.0693. The van der Waals surface area contributed by atoms with E-state index in [0.717, 1.165) is 25.0 Å². The third-order valence-electron chi connectivity index (χ3n) is 3.12. The van der Waals surface area contributed by atoms with Gasteiger partial charge in [-0.2, -0.15) is 0 Å². The lowest BCUT2D eigenvalue weighted by Gasteiger charge is -2.17. The fraction of sp³-hybridized carbons (Fsp3) is 0.417. The molecular weight excluding hydrogens is 270 g/mol. The largest absolute Gasteiger partial charge is 0.507 e. The van der Waals surface area contributed by atoms with E-state index in [2.05, 4.69) is 0 Å². The van der Waals surface area contributed by atoms with Crippen LogP contribution in [0.15, 0.2) is 23.1 Å². The van der Waals surface area contributed by atoms with Crippen molar-refractivity contribution in [1.82, 2.24) is 4.31 Å². The van der Waals surface area contributed by atoms with Crippen LogP contribution in [0.25, 0.3) is 0 Å². The van der Waals surface area contributed by atoms with Crippen molar-refractivity contribution < 1.29 is 23.4 Å². The van der Waals surface area contributed by atoms with E-state index in [1.165, 1.54) is 17.4 Å². The fourth-order valence-corrected chi connectivity index (χ4v) is 3.06. The summed E-state index contributed by atoms with van der Waals surface area (Å²) in [6.45, 7) is 0.436. The number of aromatic carboxylic acids is 1. The van der Waals surface area contributed by atoms with Crippen LogP contribution in [0, 0.1) is 5.92 Å². The van der Waals surface area contributed by atoms with Gasteiger partial charge in [-0.05, 0) is 37.0 Å². The van der Waals surface area contributed by atoms with Gasteiger partial charge in [-0.15, -0.1) is 0 Å². The Hall–Kier alpha value is -1.60. The Bertz CT molecular complexity index is 607. The molecule has 1 aromatic rings. The molecule has 6 nitrogen and oxygen atoms in total. The monoisotopic (exact) mass is 285 g/mol. The van der Waals surface area contributed by atoms with Gasteiger partial charge in [0.15, 0.2) is 0 Å². The maximum Gasteiger partial charge on any atom is 0.339 e. The molecule has 1 aliphatic carbocycles. The lowest BCUT2D eigenvalue weighted by atomic mass is 10.2. The highest BCUT2D eigenvalue weighted by Gasteiger charge is 2.29. The van der Waals surface area contributed by atoms with Gasteiger partial charge in [0, 0.05) is 13.6 Å². The van der Waals surface area contributed by atoms with E-state index in [9.17, 15) is 18.3 Å². The minimum Gasteiger partial charge on any atom is -0.507 e. The average Bonchev–Trinajstić information content (AvgIpc) is 3.12. The van der Waals surface area contributed by atoms with Crippen LogP contribution < -0.4 is 0 Å². The maximum absolute atomic E-state index is 12.2. The van der Waals surface area contributed by atoms with Gasteiger partial charge in [-0.1, -0.05) is 0 Å². The molecule has 19 heavy (non-hydrogen) atoms. The van der Waals surface area contributed by atoms with Gasteiger partial charge in [0.25, 0.3) is 0 Å². The number of carboxylic acids is 1. The lowest BCUT2D eigenvalue weighted by Crippen LogP contribution is -2.29. The zero-order chi connectivity index (χ0) is 14.2. The Morgan fingerprint density at radius 2 is 2.05 bits per heavy atom. The van der Waals surface area contributed by atoms with Gasteiger partial charge < -0.3 is 10.2 Å². The van der Waals surface area contributed by atoms with E-state index in [4.69, 9.17) is 5.11 Å². The Morgan fingerprint density at radius 1 is 1.42 bits per heavy atom. The highest BCUT2D eigenvalue weighted by molar-refractivity contribution is 7.89. The van der Waals surface area contributed by atoms with E-state index in [0.29, 0.717) is 12.5 Å². The molecule has 2 rings (SSSR count). The molecule has 7 heteroatoms. The SMILES string of the molecule is CN(CC1CC1)S(=O)(=O)c1ccc(O)c(C(=O)O)c1. The van der Waals surface area contributed by atoms with E-state index in [1.807, 2.05) is 0 Å². The molecule has 0 heterocycles. The summed E-state index contributed by atoms with van der Waals surface area (Å²) in [6, 6.07) is 3.28. The number of rotatable bonds is 5. The molecule has 0 unspecified atom stereocenters. The number of nitrogens with zero attached hydrogens (tertiary/aromatic N) is 1. The molecule has 0 amide bonds. The van der Waals surface area contributed by atoms with Gasteiger partial charge in [0.05, 0.1) is 4.90 Å². The Kier molecular flexibility index (Phi) is 3.51. The number of phenols is 1. The van der Waals surface area contributed by atoms with E-state index in [-0.39, 0.29) is 4.90 Å². The van der Waals surface area contributed by atoms with Crippen molar-refractivity contribution in [2.75, 3.05) is 13.6 Å². The second kappa shape index (κ2) is 4.82. The van der Waals surface area contributed by atoms with Crippen LogP contribution >= 0.6 is 0 Å². The van der Waals surface area contributed by atoms with Crippen LogP contribution in [0.3, 0.4) is 0 Å². The normalized spacial score (nSPS) is 15.7. The number of carbonyl (C=O) groups is 1. The number of aromatic hydroxyl groups is 1. The molecule has 0 spiro atoms. The number of sulfonamides is 1. The summed E-state index contributed by atoms with van der Waals surface area (Å²) in [6.07, 6.45) is 2.05. The molecule has 0 bridgehead atoms. The van der Waals surface area contributed by atoms with Crippen molar-refractivity contribution >= 4 is 16.0 Å². The quantitative estimate of drug-likeness (QED) is 0.845. The van der Waals surface area contributed by atoms with E-state index < -0.39 is 27.3 Å². The number of hydrogen-bond donors (Lipinski definition) is 2. The first-order chi connectivity index (χ1) is 8.82. The Balaban J connectivity index is 2.34. The molecule has 1 saturated carbocycles. The van der Waals surface area contributed by atoms with Crippen LogP contribution in [0.2, 0.25) is 0 Å². The van der Waals surface area contributed by atoms with Gasteiger partial charge >= 0.3 is 5.97 Å². The van der Waals surface area contributed by atoms with Crippen molar-refractivity contribution in [2.45, 2.75) is 17.7 Å². The first kappa shape index (κ1) is 13.8. The minimum absolute atomic E-state index is 0.120. The van der Waals surface area contributed by atoms with Crippen LogP contribution in [0.1, 0.15) is 23.2 Å². The summed E-state index contributed by atoms with van der Waals surface area (Å²) in [5.74, 6) is -1.41. The highest BCUT2D eigenvalue weighted by Crippen LogP contribution is 2.31. The molecule has 1 aromatic carbocycles. The summed E-state index contributed by atoms with van der Waals surface area (Å²) in [7, 11) is -2.23. The van der Waals surface area contributed by atoms with E-state index in [1.54, 1.807) is 0 Å². The molecule has 0 atom stereocenters. The summed E-state index contributed by atoms with van der Waals surface area (Å²) < 4.78 is 25.7. The number of hydrogen-bond acceptors (Lipinski definition) is 4. The zero-order valence-corrected chi connectivity index (χ0v) is 11.2. The molecule has 0 saturated heterocycles. The van der Waals surface area contributed by atoms with Crippen molar-refractivity contribution in [1.29, 1.82) is 0 Å². The Morgan fingerprint density at radius 3 is 2.58 bits per heavy atom. The van der Waals surface area contributed by atoms with Gasteiger partial charge in [-0.3, -0.25) is 0 Å². The van der Waals surface area contributed by atoms with Crippen molar-refractivity contribution in [2.24, 2.45) is 5.92 Å². The zero-order valence-electron chi connectivity index (χ0n) is 10.4. The summed E-state index contributed by atoms with van der Waals surface area (Å²) >= 11 is 0. The summed E-state index contributed by atoms with van der Waals surface area (Å²) in [4.78, 5) is 10.8. The van der Waals surface area contributed by atoms with E-state index >= 15 is 0 Å². The van der Waals surface area contributed by atoms with Crippen LogP contribution in [0.4, 0.5) is 0 Å². The fourth-order valence-electron chi connectivity index (χ4n) is 1.79. The molecule has 0 aliphatic heterocycles.